The summed E-state index contributed by atoms with van der Waals surface area (Å²) in [5.74, 6) is 1.48. The van der Waals surface area contributed by atoms with E-state index in [2.05, 4.69) is 43.7 Å². The van der Waals surface area contributed by atoms with Crippen molar-refractivity contribution in [3.63, 3.8) is 0 Å². The average molecular weight is 292 g/mol. The molecule has 0 amide bonds. The van der Waals surface area contributed by atoms with Crippen LogP contribution in [-0.4, -0.2) is 44.0 Å². The summed E-state index contributed by atoms with van der Waals surface area (Å²) >= 11 is 1.94. The molecule has 7 heteroatoms. The Morgan fingerprint density at radius 3 is 2.90 bits per heavy atom. The van der Waals surface area contributed by atoms with Crippen molar-refractivity contribution in [2.45, 2.75) is 30.9 Å². The molecule has 0 atom stereocenters. The largest absolute Gasteiger partial charge is 0.367 e. The number of rotatable bonds is 7. The van der Waals surface area contributed by atoms with E-state index in [4.69, 9.17) is 0 Å². The van der Waals surface area contributed by atoms with Crippen LogP contribution in [0.25, 0.3) is 11.2 Å². The molecule has 0 aromatic carbocycles. The van der Waals surface area contributed by atoms with Crippen LogP contribution < -0.4 is 10.6 Å². The van der Waals surface area contributed by atoms with E-state index in [1.54, 1.807) is 6.33 Å². The van der Waals surface area contributed by atoms with Crippen LogP contribution in [0.5, 0.6) is 0 Å². The molecule has 3 rings (SSSR count). The first-order valence-electron chi connectivity index (χ1n) is 7.00. The highest BCUT2D eigenvalue weighted by Gasteiger charge is 2.41. The summed E-state index contributed by atoms with van der Waals surface area (Å²) in [4.78, 5) is 16.3. The van der Waals surface area contributed by atoms with Crippen molar-refractivity contribution in [3.8, 4) is 0 Å². The second kappa shape index (κ2) is 5.47. The van der Waals surface area contributed by atoms with Crippen molar-refractivity contribution < 1.29 is 0 Å². The molecule has 108 valence electrons. The van der Waals surface area contributed by atoms with Crippen LogP contribution in [0.15, 0.2) is 6.33 Å². The van der Waals surface area contributed by atoms with E-state index >= 15 is 0 Å². The topological polar surface area (TPSA) is 78.5 Å². The van der Waals surface area contributed by atoms with Gasteiger partial charge in [0.2, 0.25) is 5.95 Å². The monoisotopic (exact) mass is 292 g/mol. The lowest BCUT2D eigenvalue weighted by Gasteiger charge is -2.14. The molecule has 0 bridgehead atoms. The molecule has 1 saturated carbocycles. The summed E-state index contributed by atoms with van der Waals surface area (Å²) in [6.07, 6.45) is 7.43. The number of nitrogens with one attached hydrogen (secondary N) is 3. The van der Waals surface area contributed by atoms with Gasteiger partial charge in [-0.15, -0.1) is 0 Å². The number of hydrogen-bond acceptors (Lipinski definition) is 6. The fraction of sp³-hybridized carbons (Fsp3) is 0.615. The molecule has 1 aliphatic rings. The third kappa shape index (κ3) is 2.67. The van der Waals surface area contributed by atoms with E-state index in [0.717, 1.165) is 30.8 Å². The van der Waals surface area contributed by atoms with Crippen molar-refractivity contribution in [1.29, 1.82) is 0 Å². The third-order valence-corrected chi connectivity index (χ3v) is 5.06. The second-order valence-electron chi connectivity index (χ2n) is 5.16. The molecular weight excluding hydrogens is 272 g/mol. The van der Waals surface area contributed by atoms with Gasteiger partial charge in [0.1, 0.15) is 5.52 Å². The number of aromatic nitrogens is 4. The molecule has 1 fully saturated rings. The maximum absolute atomic E-state index is 4.56. The summed E-state index contributed by atoms with van der Waals surface area (Å²) in [5, 5.41) is 6.68. The van der Waals surface area contributed by atoms with Gasteiger partial charge in [-0.25, -0.2) is 4.98 Å². The maximum atomic E-state index is 4.56. The molecule has 3 N–H and O–H groups in total. The van der Waals surface area contributed by atoms with Crippen LogP contribution in [0.2, 0.25) is 0 Å². The van der Waals surface area contributed by atoms with Crippen LogP contribution >= 0.6 is 11.8 Å². The number of hydrogen-bond donors (Lipinski definition) is 3. The summed E-state index contributed by atoms with van der Waals surface area (Å²) < 4.78 is 0.397. The van der Waals surface area contributed by atoms with Gasteiger partial charge in [-0.1, -0.05) is 6.92 Å². The second-order valence-corrected chi connectivity index (χ2v) is 6.44. The fourth-order valence-corrected chi connectivity index (χ4v) is 2.84. The molecule has 1 aliphatic carbocycles. The minimum absolute atomic E-state index is 0.397. The lowest BCUT2D eigenvalue weighted by molar-refractivity contribution is 0.931. The Bertz CT molecular complexity index is 592. The Morgan fingerprint density at radius 1 is 1.35 bits per heavy atom. The lowest BCUT2D eigenvalue weighted by Crippen LogP contribution is -2.19. The van der Waals surface area contributed by atoms with Gasteiger partial charge in [-0.05, 0) is 25.5 Å². The highest BCUT2D eigenvalue weighted by Crippen LogP contribution is 2.47. The Kier molecular flexibility index (Phi) is 3.69. The van der Waals surface area contributed by atoms with Gasteiger partial charge in [0.05, 0.1) is 6.33 Å². The van der Waals surface area contributed by atoms with Gasteiger partial charge in [0, 0.05) is 17.8 Å². The first-order valence-corrected chi connectivity index (χ1v) is 8.23. The molecule has 6 nitrogen and oxygen atoms in total. The molecule has 0 spiro atoms. The van der Waals surface area contributed by atoms with E-state index in [1.807, 2.05) is 11.8 Å². The van der Waals surface area contributed by atoms with Crippen molar-refractivity contribution >= 4 is 34.7 Å². The zero-order valence-corrected chi connectivity index (χ0v) is 12.7. The van der Waals surface area contributed by atoms with E-state index in [9.17, 15) is 0 Å². The predicted octanol–water partition coefficient (Wildman–Crippen LogP) is 2.48. The molecule has 20 heavy (non-hydrogen) atoms. The molecule has 0 radical (unpaired) electrons. The van der Waals surface area contributed by atoms with E-state index in [0.29, 0.717) is 16.3 Å². The van der Waals surface area contributed by atoms with Gasteiger partial charge in [-0.2, -0.15) is 21.7 Å². The highest BCUT2D eigenvalue weighted by atomic mass is 32.2. The highest BCUT2D eigenvalue weighted by molar-refractivity contribution is 8.00. The van der Waals surface area contributed by atoms with E-state index in [1.165, 1.54) is 12.8 Å². The SMILES string of the molecule is CCCNc1nc(NCC2(SC)CC2)c2[nH]cnc2n1. The smallest absolute Gasteiger partial charge is 0.226 e. The van der Waals surface area contributed by atoms with Crippen molar-refractivity contribution in [1.82, 2.24) is 19.9 Å². The zero-order valence-electron chi connectivity index (χ0n) is 11.9. The quantitative estimate of drug-likeness (QED) is 0.727. The molecule has 2 heterocycles. The normalized spacial score (nSPS) is 16.3. The lowest BCUT2D eigenvalue weighted by atomic mass is 10.4. The van der Waals surface area contributed by atoms with Crippen LogP contribution in [0.3, 0.4) is 0 Å². The standard InChI is InChI=1S/C13H20N6S/c1-3-6-14-12-18-10(9-11(19-12)17-8-16-9)15-7-13(20-2)4-5-13/h8H,3-7H2,1-2H3,(H3,14,15,16,17,18,19). The predicted molar refractivity (Wildman–Crippen MR) is 84.4 cm³/mol. The minimum Gasteiger partial charge on any atom is -0.367 e. The third-order valence-electron chi connectivity index (χ3n) is 3.64. The summed E-state index contributed by atoms with van der Waals surface area (Å²) in [5.41, 5.74) is 1.58. The van der Waals surface area contributed by atoms with Gasteiger partial charge in [0.25, 0.3) is 0 Å². The fourth-order valence-electron chi connectivity index (χ4n) is 2.11. The summed E-state index contributed by atoms with van der Waals surface area (Å²) in [6, 6.07) is 0. The number of anilines is 2. The first kappa shape index (κ1) is 13.5. The summed E-state index contributed by atoms with van der Waals surface area (Å²) in [6.45, 7) is 3.92. The van der Waals surface area contributed by atoms with Gasteiger partial charge in [0.15, 0.2) is 11.5 Å². The van der Waals surface area contributed by atoms with Gasteiger partial charge in [-0.3, -0.25) is 0 Å². The van der Waals surface area contributed by atoms with Crippen LogP contribution in [-0.2, 0) is 0 Å². The van der Waals surface area contributed by atoms with Crippen LogP contribution in [0.1, 0.15) is 26.2 Å². The summed E-state index contributed by atoms with van der Waals surface area (Å²) in [7, 11) is 0. The number of nitrogens with zero attached hydrogens (tertiary/aromatic N) is 3. The molecule has 0 saturated heterocycles. The van der Waals surface area contributed by atoms with Crippen molar-refractivity contribution in [2.24, 2.45) is 0 Å². The zero-order chi connectivity index (χ0) is 14.0. The molecule has 2 aromatic heterocycles. The number of imidazole rings is 1. The average Bonchev–Trinajstić information content (AvgIpc) is 3.11. The first-order chi connectivity index (χ1) is 9.76. The number of H-pyrrole nitrogens is 1. The maximum Gasteiger partial charge on any atom is 0.226 e. The Balaban J connectivity index is 1.81. The van der Waals surface area contributed by atoms with Crippen LogP contribution in [0, 0.1) is 0 Å². The molecular formula is C13H20N6S. The van der Waals surface area contributed by atoms with Gasteiger partial charge < -0.3 is 15.6 Å². The van der Waals surface area contributed by atoms with E-state index < -0.39 is 0 Å². The number of thioether (sulfide) groups is 1. The Labute approximate surface area is 122 Å². The minimum atomic E-state index is 0.397. The van der Waals surface area contributed by atoms with Crippen molar-refractivity contribution in [2.75, 3.05) is 30.0 Å². The number of aromatic amines is 1. The van der Waals surface area contributed by atoms with E-state index in [-0.39, 0.29) is 0 Å². The van der Waals surface area contributed by atoms with Gasteiger partial charge >= 0.3 is 0 Å². The molecule has 0 aliphatic heterocycles. The number of fused-ring (bicyclic) bond motifs is 1. The van der Waals surface area contributed by atoms with Crippen LogP contribution in [0.4, 0.5) is 11.8 Å². The molecule has 2 aromatic rings. The van der Waals surface area contributed by atoms with Crippen molar-refractivity contribution in [3.05, 3.63) is 6.33 Å². The Morgan fingerprint density at radius 2 is 2.20 bits per heavy atom. The molecule has 0 unspecified atom stereocenters. The Hall–Kier alpha value is -1.50.